The molecule has 1 amide bonds. The lowest BCUT2D eigenvalue weighted by molar-refractivity contribution is -0.129. The molecule has 0 N–H and O–H groups in total. The molecule has 0 unspecified atom stereocenters. The fourth-order valence-corrected chi connectivity index (χ4v) is 3.86. The lowest BCUT2D eigenvalue weighted by Gasteiger charge is -2.21. The molecular weight excluding hydrogens is 349 g/mol. The molecule has 3 aromatic rings. The number of carbonyl (C=O) groups is 1. The maximum atomic E-state index is 13.3. The number of amides is 1. The normalized spacial score (nSPS) is 12.2. The van der Waals surface area contributed by atoms with Crippen LogP contribution in [0.2, 0.25) is 0 Å². The molecule has 0 radical (unpaired) electrons. The molecule has 0 spiro atoms. The number of aryl methyl sites for hydroxylation is 1. The van der Waals surface area contributed by atoms with E-state index in [1.807, 2.05) is 44.2 Å². The average Bonchev–Trinajstić information content (AvgIpc) is 2.60. The van der Waals surface area contributed by atoms with Crippen LogP contribution in [0.3, 0.4) is 0 Å². The van der Waals surface area contributed by atoms with Gasteiger partial charge in [-0.25, -0.2) is 14.4 Å². The van der Waals surface area contributed by atoms with Gasteiger partial charge in [-0.05, 0) is 37.6 Å². The van der Waals surface area contributed by atoms with E-state index in [0.717, 1.165) is 21.5 Å². The molecule has 2 aromatic carbocycles. The Hall–Kier alpha value is -2.47. The van der Waals surface area contributed by atoms with Gasteiger partial charge in [-0.2, -0.15) is 0 Å². The molecule has 3 rings (SSSR count). The topological polar surface area (TPSA) is 46.1 Å². The lowest BCUT2D eigenvalue weighted by Crippen LogP contribution is -2.32. The summed E-state index contributed by atoms with van der Waals surface area (Å²) in [5.41, 5.74) is 1.64. The predicted molar refractivity (Wildman–Crippen MR) is 102 cm³/mol. The van der Waals surface area contributed by atoms with Crippen LogP contribution < -0.4 is 0 Å². The number of carbonyl (C=O) groups excluding carboxylic acids is 1. The molecule has 0 aliphatic carbocycles. The van der Waals surface area contributed by atoms with Crippen molar-refractivity contribution in [3.63, 3.8) is 0 Å². The maximum absolute atomic E-state index is 13.3. The van der Waals surface area contributed by atoms with E-state index in [4.69, 9.17) is 0 Å². The van der Waals surface area contributed by atoms with Crippen molar-refractivity contribution >= 4 is 28.6 Å². The highest BCUT2D eigenvalue weighted by atomic mass is 32.2. The zero-order valence-electron chi connectivity index (χ0n) is 14.9. The molecular formula is C20H20FN3OS. The summed E-state index contributed by atoms with van der Waals surface area (Å²) >= 11 is 1.42. The summed E-state index contributed by atoms with van der Waals surface area (Å²) in [4.78, 5) is 23.3. The van der Waals surface area contributed by atoms with Crippen molar-refractivity contribution in [2.45, 2.75) is 30.7 Å². The van der Waals surface area contributed by atoms with Crippen LogP contribution in [0.15, 0.2) is 53.6 Å². The van der Waals surface area contributed by atoms with E-state index in [9.17, 15) is 9.18 Å². The Morgan fingerprint density at radius 1 is 1.19 bits per heavy atom. The first kappa shape index (κ1) is 18.3. The van der Waals surface area contributed by atoms with Crippen LogP contribution in [0.1, 0.15) is 18.3 Å². The van der Waals surface area contributed by atoms with E-state index in [1.54, 1.807) is 18.0 Å². The number of aromatic nitrogens is 2. The highest BCUT2D eigenvalue weighted by Crippen LogP contribution is 2.29. The van der Waals surface area contributed by atoms with Gasteiger partial charge in [-0.1, -0.05) is 42.1 Å². The van der Waals surface area contributed by atoms with Crippen molar-refractivity contribution in [3.8, 4) is 0 Å². The Labute approximate surface area is 156 Å². The molecule has 26 heavy (non-hydrogen) atoms. The third-order valence-corrected chi connectivity index (χ3v) is 5.09. The van der Waals surface area contributed by atoms with Crippen molar-refractivity contribution < 1.29 is 9.18 Å². The fraction of sp³-hybridized carbons (Fsp3) is 0.250. The highest BCUT2D eigenvalue weighted by molar-refractivity contribution is 8.00. The molecule has 0 aliphatic heterocycles. The molecule has 6 heteroatoms. The van der Waals surface area contributed by atoms with E-state index < -0.39 is 0 Å². The van der Waals surface area contributed by atoms with Crippen LogP contribution in [0.4, 0.5) is 4.39 Å². The first-order valence-corrected chi connectivity index (χ1v) is 9.21. The van der Waals surface area contributed by atoms with Crippen molar-refractivity contribution in [1.29, 1.82) is 0 Å². The Morgan fingerprint density at radius 3 is 2.73 bits per heavy atom. The number of rotatable bonds is 5. The molecule has 0 saturated carbocycles. The second-order valence-corrected chi connectivity index (χ2v) is 7.51. The first-order chi connectivity index (χ1) is 12.4. The van der Waals surface area contributed by atoms with Crippen molar-refractivity contribution in [2.75, 3.05) is 7.05 Å². The minimum absolute atomic E-state index is 0.0281. The smallest absolute Gasteiger partial charge is 0.235 e. The van der Waals surface area contributed by atoms with Gasteiger partial charge in [0.25, 0.3) is 0 Å². The monoisotopic (exact) mass is 369 g/mol. The number of benzene rings is 2. The van der Waals surface area contributed by atoms with E-state index in [0.29, 0.717) is 12.4 Å². The van der Waals surface area contributed by atoms with Gasteiger partial charge in [0.2, 0.25) is 5.91 Å². The quantitative estimate of drug-likeness (QED) is 0.499. The first-order valence-electron chi connectivity index (χ1n) is 8.33. The van der Waals surface area contributed by atoms with Gasteiger partial charge in [-0.15, -0.1) is 0 Å². The van der Waals surface area contributed by atoms with E-state index in [-0.39, 0.29) is 17.0 Å². The van der Waals surface area contributed by atoms with Crippen LogP contribution in [-0.4, -0.2) is 33.1 Å². The molecule has 0 saturated heterocycles. The number of halogens is 1. The Kier molecular flexibility index (Phi) is 5.52. The standard InChI is InChI=1S/C20H20FN3OS/c1-13(20(25)24(3)12-15-7-6-8-16(21)11-15)26-19-17-9-4-5-10-18(17)22-14(2)23-19/h4-11,13H,12H2,1-3H3/t13-/m1/s1. The fourth-order valence-electron chi connectivity index (χ4n) is 2.76. The van der Waals surface area contributed by atoms with Gasteiger partial charge >= 0.3 is 0 Å². The van der Waals surface area contributed by atoms with Gasteiger partial charge < -0.3 is 4.90 Å². The number of para-hydroxylation sites is 1. The van der Waals surface area contributed by atoms with Crippen molar-refractivity contribution in [1.82, 2.24) is 14.9 Å². The Bertz CT molecular complexity index is 947. The summed E-state index contributed by atoms with van der Waals surface area (Å²) in [7, 11) is 1.73. The summed E-state index contributed by atoms with van der Waals surface area (Å²) in [5.74, 6) is 0.354. The molecule has 0 bridgehead atoms. The summed E-state index contributed by atoms with van der Waals surface area (Å²) < 4.78 is 13.3. The summed E-state index contributed by atoms with van der Waals surface area (Å²) in [5, 5.41) is 1.43. The largest absolute Gasteiger partial charge is 0.340 e. The number of hydrogen-bond donors (Lipinski definition) is 0. The third-order valence-electron chi connectivity index (χ3n) is 4.00. The molecule has 1 atom stereocenters. The third kappa shape index (κ3) is 4.19. The van der Waals surface area contributed by atoms with Gasteiger partial charge in [0, 0.05) is 19.0 Å². The maximum Gasteiger partial charge on any atom is 0.235 e. The van der Waals surface area contributed by atoms with Crippen LogP contribution >= 0.6 is 11.8 Å². The van der Waals surface area contributed by atoms with E-state index in [1.165, 1.54) is 23.9 Å². The lowest BCUT2D eigenvalue weighted by atomic mass is 10.2. The minimum atomic E-state index is -0.314. The SMILES string of the molecule is Cc1nc(S[C@H](C)C(=O)N(C)Cc2cccc(F)c2)c2ccccc2n1. The molecule has 134 valence electrons. The number of thioether (sulfide) groups is 1. The summed E-state index contributed by atoms with van der Waals surface area (Å²) in [6, 6.07) is 14.1. The van der Waals surface area contributed by atoms with Gasteiger partial charge in [0.1, 0.15) is 16.7 Å². The minimum Gasteiger partial charge on any atom is -0.340 e. The van der Waals surface area contributed by atoms with Crippen LogP contribution in [-0.2, 0) is 11.3 Å². The molecule has 1 heterocycles. The van der Waals surface area contributed by atoms with Gasteiger partial charge in [0.05, 0.1) is 10.8 Å². The second kappa shape index (κ2) is 7.83. The second-order valence-electron chi connectivity index (χ2n) is 6.18. The van der Waals surface area contributed by atoms with Crippen LogP contribution in [0.5, 0.6) is 0 Å². The Morgan fingerprint density at radius 2 is 1.96 bits per heavy atom. The van der Waals surface area contributed by atoms with Crippen LogP contribution in [0, 0.1) is 12.7 Å². The highest BCUT2D eigenvalue weighted by Gasteiger charge is 2.21. The molecule has 4 nitrogen and oxygen atoms in total. The zero-order chi connectivity index (χ0) is 18.7. The summed E-state index contributed by atoms with van der Waals surface area (Å²) in [6.45, 7) is 4.07. The zero-order valence-corrected chi connectivity index (χ0v) is 15.8. The molecule has 0 fully saturated rings. The number of hydrogen-bond acceptors (Lipinski definition) is 4. The van der Waals surface area contributed by atoms with Gasteiger partial charge in [-0.3, -0.25) is 4.79 Å². The van der Waals surface area contributed by atoms with Crippen molar-refractivity contribution in [2.24, 2.45) is 0 Å². The summed E-state index contributed by atoms with van der Waals surface area (Å²) in [6.07, 6.45) is 0. The van der Waals surface area contributed by atoms with Crippen LogP contribution in [0.25, 0.3) is 10.9 Å². The predicted octanol–water partition coefficient (Wildman–Crippen LogP) is 4.22. The number of fused-ring (bicyclic) bond motifs is 1. The average molecular weight is 369 g/mol. The van der Waals surface area contributed by atoms with E-state index in [2.05, 4.69) is 9.97 Å². The van der Waals surface area contributed by atoms with Gasteiger partial charge in [0.15, 0.2) is 0 Å². The van der Waals surface area contributed by atoms with E-state index >= 15 is 0 Å². The number of nitrogens with zero attached hydrogens (tertiary/aromatic N) is 3. The molecule has 0 aliphatic rings. The molecule has 1 aromatic heterocycles. The Balaban J connectivity index is 1.75. The van der Waals surface area contributed by atoms with Crippen molar-refractivity contribution in [3.05, 3.63) is 65.7 Å².